The molecule has 2 aromatic carbocycles. The van der Waals surface area contributed by atoms with Gasteiger partial charge in [0.2, 0.25) is 21.8 Å². The number of nitrogens with zero attached hydrogens (tertiary/aromatic N) is 1. The SMILES string of the molecule is CCc1ccc(N(CC(=O)NCc2ccco2)C(=O)CNS(=O)(=O)c2ccc(Cl)cc2)cc1. The van der Waals surface area contributed by atoms with Crippen molar-refractivity contribution in [2.45, 2.75) is 24.8 Å². The van der Waals surface area contributed by atoms with Crippen LogP contribution in [0.15, 0.2) is 76.2 Å². The second-order valence-electron chi connectivity index (χ2n) is 7.13. The number of furan rings is 1. The highest BCUT2D eigenvalue weighted by Crippen LogP contribution is 2.17. The van der Waals surface area contributed by atoms with Gasteiger partial charge in [-0.05, 0) is 60.5 Å². The molecule has 10 heteroatoms. The molecule has 0 bridgehead atoms. The molecule has 0 saturated heterocycles. The van der Waals surface area contributed by atoms with E-state index in [4.69, 9.17) is 16.0 Å². The van der Waals surface area contributed by atoms with E-state index in [1.807, 2.05) is 19.1 Å². The fraction of sp³-hybridized carbons (Fsp3) is 0.217. The third-order valence-corrected chi connectivity index (χ3v) is 6.51. The summed E-state index contributed by atoms with van der Waals surface area (Å²) in [6, 6.07) is 16.2. The maximum absolute atomic E-state index is 13.0. The van der Waals surface area contributed by atoms with Crippen LogP contribution in [-0.4, -0.2) is 33.3 Å². The molecule has 3 rings (SSSR count). The topological polar surface area (TPSA) is 109 Å². The number of aryl methyl sites for hydroxylation is 1. The molecule has 0 fully saturated rings. The molecule has 33 heavy (non-hydrogen) atoms. The molecular weight excluding hydrogens is 466 g/mol. The third-order valence-electron chi connectivity index (χ3n) is 4.84. The molecule has 0 aliphatic rings. The first-order chi connectivity index (χ1) is 15.8. The first-order valence-corrected chi connectivity index (χ1v) is 12.1. The second-order valence-corrected chi connectivity index (χ2v) is 9.34. The summed E-state index contributed by atoms with van der Waals surface area (Å²) in [4.78, 5) is 26.7. The van der Waals surface area contributed by atoms with Crippen molar-refractivity contribution in [1.29, 1.82) is 0 Å². The van der Waals surface area contributed by atoms with Crippen LogP contribution >= 0.6 is 11.6 Å². The summed E-state index contributed by atoms with van der Waals surface area (Å²) in [5.41, 5.74) is 1.55. The van der Waals surface area contributed by atoms with Gasteiger partial charge in [-0.25, -0.2) is 13.1 Å². The first-order valence-electron chi connectivity index (χ1n) is 10.2. The van der Waals surface area contributed by atoms with E-state index in [9.17, 15) is 18.0 Å². The van der Waals surface area contributed by atoms with Crippen LogP contribution in [0.25, 0.3) is 0 Å². The number of carbonyl (C=O) groups excluding carboxylic acids is 2. The van der Waals surface area contributed by atoms with Crippen molar-refractivity contribution in [3.63, 3.8) is 0 Å². The van der Waals surface area contributed by atoms with Crippen LogP contribution in [0.5, 0.6) is 0 Å². The molecule has 2 N–H and O–H groups in total. The lowest BCUT2D eigenvalue weighted by molar-refractivity contribution is -0.123. The minimum absolute atomic E-state index is 0.0188. The Morgan fingerprint density at radius 2 is 1.73 bits per heavy atom. The van der Waals surface area contributed by atoms with Crippen LogP contribution in [0.2, 0.25) is 5.02 Å². The predicted molar refractivity (Wildman–Crippen MR) is 125 cm³/mol. The third kappa shape index (κ3) is 6.92. The Labute approximate surface area is 197 Å². The van der Waals surface area contributed by atoms with Gasteiger partial charge in [-0.2, -0.15) is 0 Å². The van der Waals surface area contributed by atoms with Crippen LogP contribution < -0.4 is 14.9 Å². The average Bonchev–Trinajstić information content (AvgIpc) is 3.34. The maximum Gasteiger partial charge on any atom is 0.242 e. The summed E-state index contributed by atoms with van der Waals surface area (Å²) in [7, 11) is -3.94. The van der Waals surface area contributed by atoms with Gasteiger partial charge in [-0.15, -0.1) is 0 Å². The fourth-order valence-electron chi connectivity index (χ4n) is 2.98. The predicted octanol–water partition coefficient (Wildman–Crippen LogP) is 3.12. The van der Waals surface area contributed by atoms with E-state index in [0.717, 1.165) is 12.0 Å². The number of carbonyl (C=O) groups is 2. The zero-order chi connectivity index (χ0) is 23.8. The maximum atomic E-state index is 13.0. The van der Waals surface area contributed by atoms with Gasteiger partial charge in [-0.3, -0.25) is 9.59 Å². The van der Waals surface area contributed by atoms with Crippen LogP contribution in [-0.2, 0) is 32.6 Å². The number of hydrogen-bond donors (Lipinski definition) is 2. The second kappa shape index (κ2) is 11.1. The summed E-state index contributed by atoms with van der Waals surface area (Å²) in [6.07, 6.45) is 2.32. The van der Waals surface area contributed by atoms with E-state index < -0.39 is 28.4 Å². The normalized spacial score (nSPS) is 11.2. The molecule has 0 spiro atoms. The highest BCUT2D eigenvalue weighted by atomic mass is 35.5. The monoisotopic (exact) mass is 489 g/mol. The van der Waals surface area contributed by atoms with Gasteiger partial charge in [0.1, 0.15) is 12.3 Å². The Morgan fingerprint density at radius 1 is 1.03 bits per heavy atom. The lowest BCUT2D eigenvalue weighted by atomic mass is 10.1. The molecule has 3 aromatic rings. The molecule has 174 valence electrons. The number of nitrogens with one attached hydrogen (secondary N) is 2. The van der Waals surface area contributed by atoms with Crippen molar-refractivity contribution < 1.29 is 22.4 Å². The molecule has 1 aromatic heterocycles. The van der Waals surface area contributed by atoms with Crippen LogP contribution in [0.4, 0.5) is 5.69 Å². The van der Waals surface area contributed by atoms with Crippen molar-refractivity contribution in [3.8, 4) is 0 Å². The number of benzene rings is 2. The number of sulfonamides is 1. The van der Waals surface area contributed by atoms with Gasteiger partial charge in [0, 0.05) is 10.7 Å². The first kappa shape index (κ1) is 24.5. The summed E-state index contributed by atoms with van der Waals surface area (Å²) in [5.74, 6) is -0.422. The lowest BCUT2D eigenvalue weighted by Gasteiger charge is -2.23. The van der Waals surface area contributed by atoms with Crippen molar-refractivity contribution >= 4 is 39.1 Å². The van der Waals surface area contributed by atoms with Crippen LogP contribution in [0.1, 0.15) is 18.2 Å². The van der Waals surface area contributed by atoms with Crippen molar-refractivity contribution in [2.75, 3.05) is 18.0 Å². The number of amides is 2. The van der Waals surface area contributed by atoms with Gasteiger partial charge in [0.25, 0.3) is 0 Å². The van der Waals surface area contributed by atoms with Crippen molar-refractivity contribution in [1.82, 2.24) is 10.0 Å². The molecule has 0 aliphatic carbocycles. The zero-order valence-corrected chi connectivity index (χ0v) is 19.5. The van der Waals surface area contributed by atoms with Gasteiger partial charge < -0.3 is 14.6 Å². The number of rotatable bonds is 10. The molecule has 0 atom stereocenters. The molecule has 2 amide bonds. The molecule has 0 saturated carbocycles. The van der Waals surface area contributed by atoms with E-state index in [1.54, 1.807) is 24.3 Å². The Morgan fingerprint density at radius 3 is 2.33 bits per heavy atom. The highest BCUT2D eigenvalue weighted by molar-refractivity contribution is 7.89. The Bertz CT molecular complexity index is 1180. The highest BCUT2D eigenvalue weighted by Gasteiger charge is 2.22. The smallest absolute Gasteiger partial charge is 0.242 e. The number of anilines is 1. The molecule has 0 aliphatic heterocycles. The molecule has 0 radical (unpaired) electrons. The Balaban J connectivity index is 1.71. The number of halogens is 1. The summed E-state index contributed by atoms with van der Waals surface area (Å²) in [5, 5.41) is 3.08. The molecule has 8 nitrogen and oxygen atoms in total. The summed E-state index contributed by atoms with van der Waals surface area (Å²) in [6.45, 7) is 1.37. The largest absolute Gasteiger partial charge is 0.467 e. The van der Waals surface area contributed by atoms with Gasteiger partial charge in [-0.1, -0.05) is 30.7 Å². The minimum Gasteiger partial charge on any atom is -0.467 e. The standard InChI is InChI=1S/C23H24ClN3O5S/c1-2-17-5-9-19(10-6-17)27(16-22(28)25-14-20-4-3-13-32-20)23(29)15-26-33(30,31)21-11-7-18(24)8-12-21/h3-13,26H,2,14-16H2,1H3,(H,25,28). The van der Waals surface area contributed by atoms with E-state index >= 15 is 0 Å². The van der Waals surface area contributed by atoms with E-state index in [2.05, 4.69) is 10.0 Å². The average molecular weight is 490 g/mol. The van der Waals surface area contributed by atoms with Crippen molar-refractivity contribution in [2.24, 2.45) is 0 Å². The van der Waals surface area contributed by atoms with E-state index in [0.29, 0.717) is 16.5 Å². The van der Waals surface area contributed by atoms with Crippen molar-refractivity contribution in [3.05, 3.63) is 83.3 Å². The lowest BCUT2D eigenvalue weighted by Crippen LogP contribution is -2.45. The Kier molecular flexibility index (Phi) is 8.26. The quantitative estimate of drug-likeness (QED) is 0.455. The summed E-state index contributed by atoms with van der Waals surface area (Å²) >= 11 is 5.81. The van der Waals surface area contributed by atoms with Gasteiger partial charge >= 0.3 is 0 Å². The van der Waals surface area contributed by atoms with E-state index in [1.165, 1.54) is 35.4 Å². The van der Waals surface area contributed by atoms with Gasteiger partial charge in [0.05, 0.1) is 24.2 Å². The van der Waals surface area contributed by atoms with Crippen LogP contribution in [0, 0.1) is 0 Å². The number of hydrogen-bond acceptors (Lipinski definition) is 5. The minimum atomic E-state index is -3.94. The Hall–Kier alpha value is -3.14. The molecular formula is C23H24ClN3O5S. The molecule has 1 heterocycles. The summed E-state index contributed by atoms with van der Waals surface area (Å²) < 4.78 is 32.5. The van der Waals surface area contributed by atoms with Gasteiger partial charge in [0.15, 0.2) is 0 Å². The van der Waals surface area contributed by atoms with E-state index in [-0.39, 0.29) is 18.0 Å². The zero-order valence-electron chi connectivity index (χ0n) is 18.0. The fourth-order valence-corrected chi connectivity index (χ4v) is 4.08. The molecule has 0 unspecified atom stereocenters. The van der Waals surface area contributed by atoms with Crippen LogP contribution in [0.3, 0.4) is 0 Å².